The van der Waals surface area contributed by atoms with Gasteiger partial charge in [0, 0.05) is 30.0 Å². The van der Waals surface area contributed by atoms with E-state index in [1.54, 1.807) is 0 Å². The molecule has 2 aliphatic rings. The van der Waals surface area contributed by atoms with Gasteiger partial charge in [0.05, 0.1) is 16.7 Å². The second kappa shape index (κ2) is 5.28. The monoisotopic (exact) mass is 283 g/mol. The zero-order valence-corrected chi connectivity index (χ0v) is 12.0. The Kier molecular flexibility index (Phi) is 3.89. The van der Waals surface area contributed by atoms with Gasteiger partial charge >= 0.3 is 11.9 Å². The molecule has 19 heavy (non-hydrogen) atoms. The zero-order chi connectivity index (χ0) is 14.2. The fourth-order valence-corrected chi connectivity index (χ4v) is 3.57. The van der Waals surface area contributed by atoms with Gasteiger partial charge in [0.25, 0.3) is 0 Å². The van der Waals surface area contributed by atoms with Gasteiger partial charge in [-0.05, 0) is 13.8 Å². The fraction of sp³-hybridized carbons (Fsp3) is 0.538. The minimum absolute atomic E-state index is 0.0613. The van der Waals surface area contributed by atoms with Gasteiger partial charge in [-0.3, -0.25) is 0 Å². The van der Waals surface area contributed by atoms with Crippen molar-refractivity contribution in [2.75, 3.05) is 12.3 Å². The lowest BCUT2D eigenvalue weighted by atomic mass is 10.1. The molecular formula is C13H17NO4S. The number of hydrogen-bond acceptors (Lipinski definition) is 5. The van der Waals surface area contributed by atoms with E-state index in [4.69, 9.17) is 9.84 Å². The van der Waals surface area contributed by atoms with E-state index in [0.29, 0.717) is 17.9 Å². The molecule has 1 fully saturated rings. The Labute approximate surface area is 116 Å². The van der Waals surface area contributed by atoms with E-state index in [1.165, 1.54) is 17.8 Å². The number of carboxylic acids is 1. The van der Waals surface area contributed by atoms with Crippen LogP contribution >= 0.6 is 11.8 Å². The summed E-state index contributed by atoms with van der Waals surface area (Å²) >= 11 is 1.50. The molecule has 1 saturated heterocycles. The second-order valence-corrected chi connectivity index (χ2v) is 5.91. The maximum absolute atomic E-state index is 12.1. The van der Waals surface area contributed by atoms with Crippen LogP contribution in [0.1, 0.15) is 20.8 Å². The number of hydrogen-bond donors (Lipinski definition) is 1. The van der Waals surface area contributed by atoms with Crippen LogP contribution < -0.4 is 0 Å². The summed E-state index contributed by atoms with van der Waals surface area (Å²) in [4.78, 5) is 24.8. The first-order chi connectivity index (χ1) is 8.90. The highest BCUT2D eigenvalue weighted by Gasteiger charge is 2.39. The quantitative estimate of drug-likeness (QED) is 0.629. The van der Waals surface area contributed by atoms with Gasteiger partial charge < -0.3 is 14.7 Å². The van der Waals surface area contributed by atoms with Crippen LogP contribution in [0.15, 0.2) is 22.4 Å². The number of carbonyl (C=O) groups excluding carboxylic acids is 1. The van der Waals surface area contributed by atoms with E-state index in [1.807, 2.05) is 25.7 Å². The molecule has 5 nitrogen and oxygen atoms in total. The van der Waals surface area contributed by atoms with Crippen molar-refractivity contribution < 1.29 is 19.4 Å². The minimum atomic E-state index is -0.956. The van der Waals surface area contributed by atoms with E-state index >= 15 is 0 Å². The van der Waals surface area contributed by atoms with Crippen molar-refractivity contribution >= 4 is 23.7 Å². The second-order valence-electron chi connectivity index (χ2n) is 4.95. The van der Waals surface area contributed by atoms with E-state index < -0.39 is 5.97 Å². The van der Waals surface area contributed by atoms with Crippen LogP contribution in [-0.4, -0.2) is 40.3 Å². The van der Waals surface area contributed by atoms with Crippen LogP contribution in [0.3, 0.4) is 0 Å². The summed E-state index contributed by atoms with van der Waals surface area (Å²) in [6.45, 7) is 6.24. The van der Waals surface area contributed by atoms with Crippen LogP contribution in [0.4, 0.5) is 0 Å². The third-order valence-electron chi connectivity index (χ3n) is 2.98. The van der Waals surface area contributed by atoms with Gasteiger partial charge in [0.1, 0.15) is 0 Å². The molecule has 0 aromatic rings. The van der Waals surface area contributed by atoms with Gasteiger partial charge in [-0.2, -0.15) is 0 Å². The van der Waals surface area contributed by atoms with E-state index in [-0.39, 0.29) is 18.0 Å². The molecule has 1 N–H and O–H groups in total. The molecule has 6 heteroatoms. The van der Waals surface area contributed by atoms with Crippen molar-refractivity contribution in [3.05, 3.63) is 22.4 Å². The molecule has 2 heterocycles. The molecule has 0 radical (unpaired) electrons. The van der Waals surface area contributed by atoms with Crippen molar-refractivity contribution in [2.45, 2.75) is 26.9 Å². The molecule has 0 bridgehead atoms. The molecule has 0 aromatic heterocycles. The predicted octanol–water partition coefficient (Wildman–Crippen LogP) is 1.82. The summed E-state index contributed by atoms with van der Waals surface area (Å²) in [5.41, 5.74) is 1.42. The number of aliphatic carboxylic acids is 1. The highest BCUT2D eigenvalue weighted by molar-refractivity contribution is 8.03. The molecule has 0 amide bonds. The Hall–Kier alpha value is -1.43. The summed E-state index contributed by atoms with van der Waals surface area (Å²) in [5.74, 6) is -0.592. The molecule has 0 aliphatic carbocycles. The predicted molar refractivity (Wildman–Crippen MR) is 72.3 cm³/mol. The number of carbonyl (C=O) groups is 2. The first kappa shape index (κ1) is 14.0. The fourth-order valence-electron chi connectivity index (χ4n) is 2.26. The third-order valence-corrected chi connectivity index (χ3v) is 4.13. The number of thioether (sulfide) groups is 1. The molecule has 2 rings (SSSR count). The molecule has 0 aromatic carbocycles. The SMILES string of the molecule is CC(C)OC(=O)C1=C2SCC(=CC(=O)O)N2CC1C. The summed E-state index contributed by atoms with van der Waals surface area (Å²) < 4.78 is 5.26. The Morgan fingerprint density at radius 2 is 2.21 bits per heavy atom. The summed E-state index contributed by atoms with van der Waals surface area (Å²) in [7, 11) is 0. The van der Waals surface area contributed by atoms with Crippen LogP contribution in [0.5, 0.6) is 0 Å². The largest absolute Gasteiger partial charge is 0.478 e. The number of esters is 1. The van der Waals surface area contributed by atoms with Crippen molar-refractivity contribution in [3.8, 4) is 0 Å². The Morgan fingerprint density at radius 3 is 2.79 bits per heavy atom. The zero-order valence-electron chi connectivity index (χ0n) is 11.2. The standard InChI is InChI=1S/C13H17NO4S/c1-7(2)18-13(17)11-8(3)5-14-9(4-10(15)16)6-19-12(11)14/h4,7-8H,5-6H2,1-3H3,(H,15,16). The summed E-state index contributed by atoms with van der Waals surface area (Å²) in [5, 5.41) is 9.69. The topological polar surface area (TPSA) is 66.8 Å². The van der Waals surface area contributed by atoms with E-state index in [0.717, 1.165) is 10.7 Å². The number of fused-ring (bicyclic) bond motifs is 1. The van der Waals surface area contributed by atoms with Crippen LogP contribution in [-0.2, 0) is 14.3 Å². The smallest absolute Gasteiger partial charge is 0.337 e. The number of carboxylic acid groups (broad SMARTS) is 1. The highest BCUT2D eigenvalue weighted by atomic mass is 32.2. The number of ether oxygens (including phenoxy) is 1. The minimum Gasteiger partial charge on any atom is -0.478 e. The molecular weight excluding hydrogens is 266 g/mol. The molecule has 1 atom stereocenters. The van der Waals surface area contributed by atoms with Crippen molar-refractivity contribution in [1.82, 2.24) is 4.90 Å². The molecule has 104 valence electrons. The maximum Gasteiger partial charge on any atom is 0.337 e. The first-order valence-electron chi connectivity index (χ1n) is 6.19. The Bertz CT molecular complexity index is 481. The third kappa shape index (κ3) is 2.78. The molecule has 2 aliphatic heterocycles. The average Bonchev–Trinajstić information content (AvgIpc) is 2.76. The van der Waals surface area contributed by atoms with E-state index in [9.17, 15) is 9.59 Å². The van der Waals surface area contributed by atoms with Gasteiger partial charge in [0.2, 0.25) is 0 Å². The van der Waals surface area contributed by atoms with Gasteiger partial charge in [0.15, 0.2) is 0 Å². The van der Waals surface area contributed by atoms with Gasteiger partial charge in [-0.25, -0.2) is 9.59 Å². The van der Waals surface area contributed by atoms with Crippen molar-refractivity contribution in [2.24, 2.45) is 5.92 Å². The van der Waals surface area contributed by atoms with Crippen molar-refractivity contribution in [1.29, 1.82) is 0 Å². The lowest BCUT2D eigenvalue weighted by Gasteiger charge is -2.15. The Morgan fingerprint density at radius 1 is 1.53 bits per heavy atom. The molecule has 1 unspecified atom stereocenters. The van der Waals surface area contributed by atoms with Crippen molar-refractivity contribution in [3.63, 3.8) is 0 Å². The lowest BCUT2D eigenvalue weighted by molar-refractivity contribution is -0.143. The number of rotatable bonds is 3. The van der Waals surface area contributed by atoms with Gasteiger partial charge in [-0.15, -0.1) is 11.8 Å². The van der Waals surface area contributed by atoms with Gasteiger partial charge in [-0.1, -0.05) is 6.92 Å². The molecule has 0 spiro atoms. The summed E-state index contributed by atoms with van der Waals surface area (Å²) in [6.07, 6.45) is 1.06. The number of nitrogens with zero attached hydrogens (tertiary/aromatic N) is 1. The highest BCUT2D eigenvalue weighted by Crippen LogP contribution is 2.44. The van der Waals surface area contributed by atoms with Crippen LogP contribution in [0.25, 0.3) is 0 Å². The van der Waals surface area contributed by atoms with Crippen LogP contribution in [0, 0.1) is 5.92 Å². The van der Waals surface area contributed by atoms with E-state index in [2.05, 4.69) is 0 Å². The summed E-state index contributed by atoms with van der Waals surface area (Å²) in [6, 6.07) is 0. The molecule has 0 saturated carbocycles. The lowest BCUT2D eigenvalue weighted by Crippen LogP contribution is -2.19. The average molecular weight is 283 g/mol. The first-order valence-corrected chi connectivity index (χ1v) is 7.17. The maximum atomic E-state index is 12.1. The Balaban J connectivity index is 2.27. The normalized spacial score (nSPS) is 24.3. The van der Waals surface area contributed by atoms with Crippen LogP contribution in [0.2, 0.25) is 0 Å².